The summed E-state index contributed by atoms with van der Waals surface area (Å²) in [5.41, 5.74) is 5.02. The number of aryl methyl sites for hydroxylation is 1. The SMILES string of the molecule is CC(C(N)=O)C1(C)N=C(NC(=O)CCc2ccccc2)N=C1S(=O)(=O)CC1CC1. The molecule has 8 nitrogen and oxygen atoms in total. The standard InChI is InChI=1S/C20H26N4O4S/c1-13(17(21)26)20(2)18(29(27,28)12-15-8-9-15)23-19(24-20)22-16(25)11-10-14-6-4-3-5-7-14/h3-7,13,15H,8-12H2,1-2H3,(H2,21,26)(H,22,24,25). The van der Waals surface area contributed by atoms with Gasteiger partial charge in [-0.05, 0) is 37.7 Å². The lowest BCUT2D eigenvalue weighted by molar-refractivity contribution is -0.122. The number of hydrogen-bond donors (Lipinski definition) is 2. The number of amides is 2. The van der Waals surface area contributed by atoms with Crippen LogP contribution in [0.15, 0.2) is 40.3 Å². The van der Waals surface area contributed by atoms with Crippen LogP contribution in [0.3, 0.4) is 0 Å². The van der Waals surface area contributed by atoms with Gasteiger partial charge in [0.1, 0.15) is 5.54 Å². The highest BCUT2D eigenvalue weighted by Crippen LogP contribution is 2.35. The van der Waals surface area contributed by atoms with E-state index in [2.05, 4.69) is 15.3 Å². The topological polar surface area (TPSA) is 131 Å². The second-order valence-corrected chi connectivity index (χ2v) is 9.83. The Bertz CT molecular complexity index is 967. The number of rotatable bonds is 7. The van der Waals surface area contributed by atoms with Crippen LogP contribution in [0.2, 0.25) is 0 Å². The predicted octanol–water partition coefficient (Wildman–Crippen LogP) is 1.21. The molecule has 0 saturated heterocycles. The first-order valence-corrected chi connectivity index (χ1v) is 11.3. The van der Waals surface area contributed by atoms with E-state index < -0.39 is 27.2 Å². The minimum absolute atomic E-state index is 0.0301. The van der Waals surface area contributed by atoms with E-state index in [1.165, 1.54) is 13.8 Å². The van der Waals surface area contributed by atoms with Gasteiger partial charge in [-0.1, -0.05) is 37.3 Å². The van der Waals surface area contributed by atoms with Crippen LogP contribution in [-0.4, -0.2) is 42.5 Å². The van der Waals surface area contributed by atoms with E-state index in [1.54, 1.807) is 0 Å². The lowest BCUT2D eigenvalue weighted by Gasteiger charge is -2.27. The van der Waals surface area contributed by atoms with Crippen molar-refractivity contribution in [2.75, 3.05) is 5.75 Å². The van der Waals surface area contributed by atoms with Gasteiger partial charge >= 0.3 is 0 Å². The molecule has 1 aliphatic heterocycles. The second kappa shape index (κ2) is 8.06. The number of hydrogen-bond acceptors (Lipinski definition) is 6. The van der Waals surface area contributed by atoms with Crippen LogP contribution in [0, 0.1) is 11.8 Å². The van der Waals surface area contributed by atoms with Gasteiger partial charge in [0, 0.05) is 6.42 Å². The van der Waals surface area contributed by atoms with Crippen LogP contribution in [0.1, 0.15) is 38.7 Å². The number of sulfone groups is 1. The van der Waals surface area contributed by atoms with Crippen LogP contribution >= 0.6 is 0 Å². The molecular formula is C20H26N4O4S. The molecule has 2 atom stereocenters. The molecule has 1 heterocycles. The molecule has 1 aliphatic carbocycles. The largest absolute Gasteiger partial charge is 0.369 e. The average Bonchev–Trinajstić information content (AvgIpc) is 3.40. The fourth-order valence-corrected chi connectivity index (χ4v) is 5.45. The van der Waals surface area contributed by atoms with Crippen molar-refractivity contribution in [1.82, 2.24) is 5.32 Å². The maximum Gasteiger partial charge on any atom is 0.227 e. The number of benzene rings is 1. The number of nitrogens with two attached hydrogens (primary N) is 1. The molecule has 2 amide bonds. The Morgan fingerprint density at radius 1 is 1.28 bits per heavy atom. The summed E-state index contributed by atoms with van der Waals surface area (Å²) in [6.45, 7) is 3.04. The summed E-state index contributed by atoms with van der Waals surface area (Å²) < 4.78 is 25.8. The summed E-state index contributed by atoms with van der Waals surface area (Å²) in [4.78, 5) is 32.6. The number of nitrogens with one attached hydrogen (secondary N) is 1. The van der Waals surface area contributed by atoms with Crippen molar-refractivity contribution in [2.45, 2.75) is 45.1 Å². The van der Waals surface area contributed by atoms with E-state index in [0.29, 0.717) is 6.42 Å². The number of nitrogens with zero attached hydrogens (tertiary/aromatic N) is 2. The molecule has 3 N–H and O–H groups in total. The summed E-state index contributed by atoms with van der Waals surface area (Å²) in [6.07, 6.45) is 2.45. The molecule has 0 radical (unpaired) electrons. The van der Waals surface area contributed by atoms with Gasteiger partial charge in [0.2, 0.25) is 17.8 Å². The van der Waals surface area contributed by atoms with E-state index in [9.17, 15) is 18.0 Å². The highest BCUT2D eigenvalue weighted by atomic mass is 32.2. The van der Waals surface area contributed by atoms with Crippen molar-refractivity contribution >= 4 is 32.7 Å². The minimum Gasteiger partial charge on any atom is -0.369 e. The Morgan fingerprint density at radius 2 is 1.93 bits per heavy atom. The summed E-state index contributed by atoms with van der Waals surface area (Å²) >= 11 is 0. The molecule has 156 valence electrons. The summed E-state index contributed by atoms with van der Waals surface area (Å²) in [7, 11) is -3.73. The molecule has 1 saturated carbocycles. The van der Waals surface area contributed by atoms with Crippen molar-refractivity contribution in [3.8, 4) is 0 Å². The molecule has 1 fully saturated rings. The van der Waals surface area contributed by atoms with Gasteiger partial charge in [-0.15, -0.1) is 0 Å². The lowest BCUT2D eigenvalue weighted by Crippen LogP contribution is -2.48. The third-order valence-electron chi connectivity index (χ3n) is 5.43. The quantitative estimate of drug-likeness (QED) is 0.689. The molecule has 0 spiro atoms. The molecule has 9 heteroatoms. The van der Waals surface area contributed by atoms with E-state index in [0.717, 1.165) is 18.4 Å². The summed E-state index contributed by atoms with van der Waals surface area (Å²) in [5.74, 6) is -1.91. The van der Waals surface area contributed by atoms with E-state index >= 15 is 0 Å². The monoisotopic (exact) mass is 418 g/mol. The Balaban J connectivity index is 1.78. The van der Waals surface area contributed by atoms with Crippen molar-refractivity contribution < 1.29 is 18.0 Å². The van der Waals surface area contributed by atoms with Gasteiger partial charge < -0.3 is 5.73 Å². The molecule has 1 aromatic rings. The van der Waals surface area contributed by atoms with Crippen molar-refractivity contribution in [2.24, 2.45) is 27.6 Å². The Hall–Kier alpha value is -2.55. The van der Waals surface area contributed by atoms with Gasteiger partial charge in [0.05, 0.1) is 11.7 Å². The number of guanidine groups is 1. The van der Waals surface area contributed by atoms with Crippen LogP contribution in [0.5, 0.6) is 0 Å². The molecule has 0 bridgehead atoms. The third kappa shape index (κ3) is 4.90. The van der Waals surface area contributed by atoms with Gasteiger partial charge in [-0.25, -0.2) is 18.4 Å². The fourth-order valence-electron chi connectivity index (χ4n) is 3.26. The second-order valence-electron chi connectivity index (χ2n) is 7.88. The van der Waals surface area contributed by atoms with E-state index in [1.807, 2.05) is 30.3 Å². The van der Waals surface area contributed by atoms with Gasteiger partial charge in [0.25, 0.3) is 0 Å². The zero-order chi connectivity index (χ0) is 21.2. The molecule has 29 heavy (non-hydrogen) atoms. The molecule has 1 aromatic carbocycles. The highest BCUT2D eigenvalue weighted by molar-refractivity contribution is 8.06. The smallest absolute Gasteiger partial charge is 0.227 e. The predicted molar refractivity (Wildman–Crippen MR) is 111 cm³/mol. The average molecular weight is 419 g/mol. The molecule has 3 rings (SSSR count). The normalized spacial score (nSPS) is 22.6. The highest BCUT2D eigenvalue weighted by Gasteiger charge is 2.50. The van der Waals surface area contributed by atoms with Gasteiger partial charge in [-0.3, -0.25) is 14.9 Å². The van der Waals surface area contributed by atoms with Crippen LogP contribution in [0.25, 0.3) is 0 Å². The third-order valence-corrected chi connectivity index (χ3v) is 7.43. The first-order valence-electron chi connectivity index (χ1n) is 9.66. The lowest BCUT2D eigenvalue weighted by atomic mass is 9.88. The number of primary amides is 1. The summed E-state index contributed by atoms with van der Waals surface area (Å²) in [5, 5.41) is 2.38. The number of aliphatic imine (C=N–C) groups is 2. The minimum atomic E-state index is -3.73. The number of carbonyl (C=O) groups is 2. The zero-order valence-corrected chi connectivity index (χ0v) is 17.4. The maximum atomic E-state index is 12.9. The molecular weight excluding hydrogens is 392 g/mol. The van der Waals surface area contributed by atoms with Crippen LogP contribution in [-0.2, 0) is 25.8 Å². The van der Waals surface area contributed by atoms with E-state index in [4.69, 9.17) is 5.73 Å². The van der Waals surface area contributed by atoms with E-state index in [-0.39, 0.29) is 35.0 Å². The van der Waals surface area contributed by atoms with Gasteiger partial charge in [0.15, 0.2) is 14.9 Å². The Morgan fingerprint density at radius 3 is 2.52 bits per heavy atom. The van der Waals surface area contributed by atoms with Crippen LogP contribution < -0.4 is 11.1 Å². The molecule has 0 aromatic heterocycles. The molecule has 2 aliphatic rings. The Kier molecular flexibility index (Phi) is 5.88. The fraction of sp³-hybridized carbons (Fsp3) is 0.500. The Labute approximate surface area is 170 Å². The van der Waals surface area contributed by atoms with Crippen molar-refractivity contribution in [1.29, 1.82) is 0 Å². The van der Waals surface area contributed by atoms with Gasteiger partial charge in [-0.2, -0.15) is 0 Å². The first kappa shape index (κ1) is 21.2. The maximum absolute atomic E-state index is 12.9. The molecule has 2 unspecified atom stereocenters. The van der Waals surface area contributed by atoms with Crippen LogP contribution in [0.4, 0.5) is 0 Å². The van der Waals surface area contributed by atoms with Crippen molar-refractivity contribution in [3.63, 3.8) is 0 Å². The summed E-state index contributed by atoms with van der Waals surface area (Å²) in [6, 6.07) is 9.54. The first-order chi connectivity index (χ1) is 13.6. The van der Waals surface area contributed by atoms with Crippen molar-refractivity contribution in [3.05, 3.63) is 35.9 Å². The number of carbonyl (C=O) groups excluding carboxylic acids is 2. The zero-order valence-electron chi connectivity index (χ0n) is 16.6.